The molecule has 1 aromatic carbocycles. The van der Waals surface area contributed by atoms with Crippen LogP contribution >= 0.6 is 0 Å². The number of aliphatic carboxylic acids is 1. The molecule has 0 unspecified atom stereocenters. The number of para-hydroxylation sites is 1. The van der Waals surface area contributed by atoms with E-state index in [0.717, 1.165) is 19.1 Å². The fourth-order valence-corrected chi connectivity index (χ4v) is 1.11. The molecule has 0 fully saturated rings. The van der Waals surface area contributed by atoms with Gasteiger partial charge in [-0.15, -0.1) is 0 Å². The van der Waals surface area contributed by atoms with Crippen molar-refractivity contribution >= 4 is 16.1 Å². The van der Waals surface area contributed by atoms with Crippen LogP contribution < -0.4 is 4.18 Å². The summed E-state index contributed by atoms with van der Waals surface area (Å²) in [7, 11) is -5.55. The molecule has 0 heterocycles. The first-order valence-corrected chi connectivity index (χ1v) is 5.72. The molecule has 0 saturated heterocycles. The van der Waals surface area contributed by atoms with E-state index in [1.807, 2.05) is 0 Å². The Morgan fingerprint density at radius 2 is 1.61 bits per heavy atom. The second-order valence-corrected chi connectivity index (χ2v) is 4.35. The van der Waals surface area contributed by atoms with Gasteiger partial charge in [-0.05, 0) is 12.1 Å². The molecular weight excluding hydrogens is 277 g/mol. The van der Waals surface area contributed by atoms with Crippen LogP contribution in [0.2, 0.25) is 0 Å². The van der Waals surface area contributed by atoms with Crippen molar-refractivity contribution in [2.75, 3.05) is 0 Å². The van der Waals surface area contributed by atoms with Crippen LogP contribution in [-0.2, 0) is 14.9 Å². The normalized spacial score (nSPS) is 11.1. The minimum Gasteiger partial charge on any atom is -0.481 e. The van der Waals surface area contributed by atoms with Gasteiger partial charge in [-0.2, -0.15) is 21.6 Å². The van der Waals surface area contributed by atoms with Crippen LogP contribution in [0.5, 0.6) is 5.75 Å². The van der Waals surface area contributed by atoms with E-state index in [1.165, 1.54) is 18.2 Å². The molecule has 0 aromatic heterocycles. The molecular formula is C9H9F3O5S. The maximum atomic E-state index is 11.8. The van der Waals surface area contributed by atoms with Gasteiger partial charge in [-0.25, -0.2) is 0 Å². The molecule has 0 aliphatic carbocycles. The number of alkyl halides is 3. The molecule has 5 nitrogen and oxygen atoms in total. The number of benzene rings is 1. The van der Waals surface area contributed by atoms with Crippen LogP contribution in [0.3, 0.4) is 0 Å². The van der Waals surface area contributed by atoms with Crippen LogP contribution in [-0.4, -0.2) is 25.0 Å². The number of carboxylic acid groups (broad SMARTS) is 1. The Balaban J connectivity index is 0.000000631. The van der Waals surface area contributed by atoms with Crippen molar-refractivity contribution in [2.24, 2.45) is 0 Å². The largest absolute Gasteiger partial charge is 0.534 e. The summed E-state index contributed by atoms with van der Waals surface area (Å²) in [5.74, 6) is -1.20. The molecule has 0 spiro atoms. The van der Waals surface area contributed by atoms with Crippen LogP contribution in [0.25, 0.3) is 0 Å². The van der Waals surface area contributed by atoms with Gasteiger partial charge in [-0.3, -0.25) is 4.79 Å². The number of hydrogen-bond donors (Lipinski definition) is 1. The lowest BCUT2D eigenvalue weighted by Gasteiger charge is -2.08. The van der Waals surface area contributed by atoms with Crippen molar-refractivity contribution in [3.63, 3.8) is 0 Å². The highest BCUT2D eigenvalue weighted by molar-refractivity contribution is 7.87. The van der Waals surface area contributed by atoms with E-state index in [9.17, 15) is 21.6 Å². The number of carboxylic acids is 1. The van der Waals surface area contributed by atoms with Crippen molar-refractivity contribution < 1.29 is 35.7 Å². The molecule has 0 bridgehead atoms. The maximum Gasteiger partial charge on any atom is 0.534 e. The Labute approximate surface area is 101 Å². The first-order chi connectivity index (χ1) is 8.06. The molecule has 1 N–H and O–H groups in total. The molecule has 0 aliphatic rings. The second-order valence-electron chi connectivity index (χ2n) is 2.82. The third kappa shape index (κ3) is 6.09. The molecule has 0 amide bonds. The molecule has 9 heteroatoms. The van der Waals surface area contributed by atoms with Crippen molar-refractivity contribution in [1.29, 1.82) is 0 Å². The summed E-state index contributed by atoms with van der Waals surface area (Å²) in [6, 6.07) is 6.47. The molecule has 1 rings (SSSR count). The van der Waals surface area contributed by atoms with Crippen molar-refractivity contribution in [2.45, 2.75) is 12.4 Å². The lowest BCUT2D eigenvalue weighted by atomic mass is 10.3. The quantitative estimate of drug-likeness (QED) is 0.664. The summed E-state index contributed by atoms with van der Waals surface area (Å²) in [6.07, 6.45) is 0. The van der Waals surface area contributed by atoms with E-state index < -0.39 is 21.6 Å². The molecule has 1 aromatic rings. The predicted octanol–water partition coefficient (Wildman–Crippen LogP) is 2.01. The Kier molecular flexibility index (Phi) is 5.63. The SMILES string of the molecule is CC(=O)O.O=S(=O)(Oc1ccccc1)C(F)(F)F. The maximum absolute atomic E-state index is 11.8. The van der Waals surface area contributed by atoms with Gasteiger partial charge in [0.25, 0.3) is 5.97 Å². The number of carbonyl (C=O) groups is 1. The van der Waals surface area contributed by atoms with Gasteiger partial charge in [0, 0.05) is 6.92 Å². The molecule has 0 atom stereocenters. The van der Waals surface area contributed by atoms with Crippen LogP contribution in [0.15, 0.2) is 30.3 Å². The lowest BCUT2D eigenvalue weighted by molar-refractivity contribution is -0.134. The third-order valence-corrected chi connectivity index (χ3v) is 2.21. The van der Waals surface area contributed by atoms with Crippen LogP contribution in [0, 0.1) is 0 Å². The number of rotatable bonds is 2. The minimum atomic E-state index is -5.55. The molecule has 102 valence electrons. The zero-order valence-electron chi connectivity index (χ0n) is 9.01. The summed E-state index contributed by atoms with van der Waals surface area (Å²) < 4.78 is 60.2. The molecule has 0 saturated carbocycles. The molecule has 0 radical (unpaired) electrons. The van der Waals surface area contributed by atoms with Gasteiger partial charge in [0.1, 0.15) is 5.75 Å². The van der Waals surface area contributed by atoms with Gasteiger partial charge in [0.15, 0.2) is 0 Å². The van der Waals surface area contributed by atoms with Gasteiger partial charge in [0.05, 0.1) is 0 Å². The summed E-state index contributed by atoms with van der Waals surface area (Å²) >= 11 is 0. The zero-order valence-corrected chi connectivity index (χ0v) is 9.83. The summed E-state index contributed by atoms with van der Waals surface area (Å²) in [5, 5.41) is 7.42. The number of hydrogen-bond acceptors (Lipinski definition) is 4. The van der Waals surface area contributed by atoms with Crippen molar-refractivity contribution in [3.05, 3.63) is 30.3 Å². The highest BCUT2D eigenvalue weighted by Crippen LogP contribution is 2.26. The standard InChI is InChI=1S/C7H5F3O3S.C2H4O2/c8-7(9,10)14(11,12)13-6-4-2-1-3-5-6;1-2(3)4/h1-5H;1H3,(H,3,4). The highest BCUT2D eigenvalue weighted by Gasteiger charge is 2.48. The summed E-state index contributed by atoms with van der Waals surface area (Å²) in [4.78, 5) is 9.00. The Bertz CT molecular complexity index is 477. The average molecular weight is 286 g/mol. The van der Waals surface area contributed by atoms with E-state index in [2.05, 4.69) is 4.18 Å². The van der Waals surface area contributed by atoms with E-state index in [4.69, 9.17) is 9.90 Å². The molecule has 18 heavy (non-hydrogen) atoms. The van der Waals surface area contributed by atoms with Gasteiger partial charge in [0.2, 0.25) is 0 Å². The lowest BCUT2D eigenvalue weighted by Crippen LogP contribution is -2.27. The summed E-state index contributed by atoms with van der Waals surface area (Å²) in [5.41, 5.74) is -5.40. The Morgan fingerprint density at radius 1 is 1.22 bits per heavy atom. The van der Waals surface area contributed by atoms with Gasteiger partial charge >= 0.3 is 15.6 Å². The highest BCUT2D eigenvalue weighted by atomic mass is 32.2. The Morgan fingerprint density at radius 3 is 1.94 bits per heavy atom. The fraction of sp³-hybridized carbons (Fsp3) is 0.222. The van der Waals surface area contributed by atoms with E-state index >= 15 is 0 Å². The van der Waals surface area contributed by atoms with Crippen molar-refractivity contribution in [1.82, 2.24) is 0 Å². The van der Waals surface area contributed by atoms with E-state index in [-0.39, 0.29) is 5.75 Å². The minimum absolute atomic E-state index is 0.371. The van der Waals surface area contributed by atoms with Crippen LogP contribution in [0.1, 0.15) is 6.92 Å². The smallest absolute Gasteiger partial charge is 0.481 e. The van der Waals surface area contributed by atoms with E-state index in [1.54, 1.807) is 0 Å². The molecule has 0 aliphatic heterocycles. The predicted molar refractivity (Wildman–Crippen MR) is 55.4 cm³/mol. The Hall–Kier alpha value is -1.77. The number of halogens is 3. The first kappa shape index (κ1) is 16.2. The zero-order chi connectivity index (χ0) is 14.4. The topological polar surface area (TPSA) is 80.7 Å². The monoisotopic (exact) mass is 286 g/mol. The summed E-state index contributed by atoms with van der Waals surface area (Å²) in [6.45, 7) is 1.08. The average Bonchev–Trinajstić information content (AvgIpc) is 2.15. The fourth-order valence-electron chi connectivity index (χ4n) is 0.650. The van der Waals surface area contributed by atoms with E-state index in [0.29, 0.717) is 0 Å². The van der Waals surface area contributed by atoms with Crippen LogP contribution in [0.4, 0.5) is 13.2 Å². The van der Waals surface area contributed by atoms with Crippen molar-refractivity contribution in [3.8, 4) is 5.75 Å². The first-order valence-electron chi connectivity index (χ1n) is 4.31. The van der Waals surface area contributed by atoms with Gasteiger partial charge < -0.3 is 9.29 Å². The third-order valence-electron chi connectivity index (χ3n) is 1.23. The second kappa shape index (κ2) is 6.24. The van der Waals surface area contributed by atoms with Gasteiger partial charge in [-0.1, -0.05) is 18.2 Å².